The molecule has 0 saturated heterocycles. The molecule has 0 radical (unpaired) electrons. The number of carbonyl (C=O) groups is 1. The Balaban J connectivity index is 2.50. The fraction of sp³-hybridized carbons (Fsp3) is 0.304. The van der Waals surface area contributed by atoms with Crippen molar-refractivity contribution in [3.63, 3.8) is 0 Å². The molecule has 2 aromatic rings. The number of benzene rings is 2. The van der Waals surface area contributed by atoms with Crippen LogP contribution in [-0.2, 0) is 15.4 Å². The first kappa shape index (κ1) is 25.7. The van der Waals surface area contributed by atoms with Crippen molar-refractivity contribution in [1.29, 1.82) is 5.41 Å². The Morgan fingerprint density at radius 2 is 1.79 bits per heavy atom. The molecule has 2 aromatic carbocycles. The summed E-state index contributed by atoms with van der Waals surface area (Å²) in [6.45, 7) is 7.70. The van der Waals surface area contributed by atoms with Gasteiger partial charge >= 0.3 is 0 Å². The van der Waals surface area contributed by atoms with E-state index < -0.39 is 15.9 Å². The first-order valence-electron chi connectivity index (χ1n) is 10.0. The van der Waals surface area contributed by atoms with Gasteiger partial charge in [0.25, 0.3) is 5.91 Å². The van der Waals surface area contributed by atoms with Gasteiger partial charge in [0.1, 0.15) is 5.75 Å². The van der Waals surface area contributed by atoms with E-state index >= 15 is 0 Å². The van der Waals surface area contributed by atoms with Crippen molar-refractivity contribution in [2.45, 2.75) is 33.1 Å². The molecule has 2 rings (SSSR count). The number of nitrogens with two attached hydrogens (primary N) is 1. The molecule has 178 valence electrons. The monoisotopic (exact) mass is 474 g/mol. The van der Waals surface area contributed by atoms with Crippen molar-refractivity contribution >= 4 is 33.2 Å². The van der Waals surface area contributed by atoms with E-state index in [0.29, 0.717) is 11.4 Å². The van der Waals surface area contributed by atoms with E-state index in [1.165, 1.54) is 25.5 Å². The second-order valence-electron chi connectivity index (χ2n) is 8.49. The highest BCUT2D eigenvalue weighted by Crippen LogP contribution is 2.39. The van der Waals surface area contributed by atoms with E-state index in [9.17, 15) is 13.2 Å². The maximum absolute atomic E-state index is 13.1. The number of rotatable bonds is 7. The number of sulfonamides is 1. The van der Waals surface area contributed by atoms with E-state index in [4.69, 9.17) is 20.6 Å². The first-order valence-corrected chi connectivity index (χ1v) is 11.9. The van der Waals surface area contributed by atoms with Crippen LogP contribution in [0.5, 0.6) is 11.5 Å². The van der Waals surface area contributed by atoms with Crippen molar-refractivity contribution in [1.82, 2.24) is 0 Å². The van der Waals surface area contributed by atoms with Gasteiger partial charge in [-0.2, -0.15) is 0 Å². The third-order valence-corrected chi connectivity index (χ3v) is 5.21. The zero-order valence-electron chi connectivity index (χ0n) is 19.6. The predicted molar refractivity (Wildman–Crippen MR) is 131 cm³/mol. The third kappa shape index (κ3) is 6.98. The smallest absolute Gasteiger partial charge is 0.255 e. The van der Waals surface area contributed by atoms with E-state index in [0.717, 1.165) is 17.4 Å². The lowest BCUT2D eigenvalue weighted by Crippen LogP contribution is -2.18. The van der Waals surface area contributed by atoms with Gasteiger partial charge in [0.2, 0.25) is 15.9 Å². The molecule has 0 aliphatic heterocycles. The van der Waals surface area contributed by atoms with Gasteiger partial charge in [-0.3, -0.25) is 14.9 Å². The van der Waals surface area contributed by atoms with E-state index in [2.05, 4.69) is 10.0 Å². The highest BCUT2D eigenvalue weighted by atomic mass is 32.2. The summed E-state index contributed by atoms with van der Waals surface area (Å²) in [7, 11) is -2.20. The largest absolute Gasteiger partial charge is 0.492 e. The average molecular weight is 475 g/mol. The van der Waals surface area contributed by atoms with Gasteiger partial charge in [-0.15, -0.1) is 0 Å². The fourth-order valence-electron chi connectivity index (χ4n) is 2.94. The minimum Gasteiger partial charge on any atom is -0.492 e. The molecule has 1 amide bonds. The summed E-state index contributed by atoms with van der Waals surface area (Å²) in [5.41, 5.74) is 7.28. The molecule has 0 spiro atoms. The van der Waals surface area contributed by atoms with Crippen molar-refractivity contribution in [2.24, 2.45) is 5.73 Å². The summed E-state index contributed by atoms with van der Waals surface area (Å²) >= 11 is 0. The van der Waals surface area contributed by atoms with Crippen LogP contribution in [0.25, 0.3) is 0 Å². The van der Waals surface area contributed by atoms with Crippen molar-refractivity contribution in [3.8, 4) is 11.5 Å². The lowest BCUT2D eigenvalue weighted by molar-refractivity contribution is 0.102. The van der Waals surface area contributed by atoms with Crippen LogP contribution in [0.1, 0.15) is 42.3 Å². The Morgan fingerprint density at radius 1 is 1.15 bits per heavy atom. The van der Waals surface area contributed by atoms with Gasteiger partial charge in [-0.25, -0.2) is 8.42 Å². The summed E-state index contributed by atoms with van der Waals surface area (Å²) in [4.78, 5) is 13.1. The zero-order chi connectivity index (χ0) is 25.0. The van der Waals surface area contributed by atoms with Crippen LogP contribution in [0.4, 0.5) is 11.4 Å². The number of carbonyl (C=O) groups excluding carboxylic acids is 1. The van der Waals surface area contributed by atoms with Crippen LogP contribution in [0.15, 0.2) is 42.6 Å². The molecule has 33 heavy (non-hydrogen) atoms. The summed E-state index contributed by atoms with van der Waals surface area (Å²) in [5, 5.41) is 10.5. The lowest BCUT2D eigenvalue weighted by Gasteiger charge is -2.24. The number of anilines is 2. The lowest BCUT2D eigenvalue weighted by atomic mass is 9.86. The maximum Gasteiger partial charge on any atom is 0.255 e. The molecule has 0 aliphatic carbocycles. The Bertz CT molecular complexity index is 1200. The van der Waals surface area contributed by atoms with E-state index in [-0.39, 0.29) is 28.3 Å². The van der Waals surface area contributed by atoms with Crippen LogP contribution in [-0.4, -0.2) is 33.6 Å². The normalized spacial score (nSPS) is 11.8. The zero-order valence-corrected chi connectivity index (χ0v) is 20.4. The molecule has 5 N–H and O–H groups in total. The van der Waals surface area contributed by atoms with Crippen LogP contribution >= 0.6 is 0 Å². The Morgan fingerprint density at radius 3 is 2.33 bits per heavy atom. The average Bonchev–Trinajstić information content (AvgIpc) is 2.67. The quantitative estimate of drug-likeness (QED) is 0.355. The number of amides is 1. The molecule has 10 heteroatoms. The van der Waals surface area contributed by atoms with Gasteiger partial charge in [0.05, 0.1) is 24.7 Å². The molecule has 9 nitrogen and oxygen atoms in total. The number of hydrogen-bond donors (Lipinski definition) is 4. The van der Waals surface area contributed by atoms with Crippen molar-refractivity contribution in [3.05, 3.63) is 59.3 Å². The minimum atomic E-state index is -3.59. The van der Waals surface area contributed by atoms with Gasteiger partial charge in [-0.1, -0.05) is 26.8 Å². The number of ether oxygens (including phenoxy) is 2. The van der Waals surface area contributed by atoms with Crippen molar-refractivity contribution < 1.29 is 22.7 Å². The van der Waals surface area contributed by atoms with Crippen LogP contribution in [0.2, 0.25) is 0 Å². The second kappa shape index (κ2) is 9.95. The standard InChI is InChI=1S/C23H30N4O5S/c1-14-7-8-15(11-19(14)32-20(25)9-10-24)22(28)26-17-12-16(23(2,3)4)13-18(21(17)31-5)27-33(6,29)30/h7-13,25,27H,24H2,1-6H3,(H,26,28)/b10-9-,25-20?. The molecular formula is C23H30N4O5S. The first-order chi connectivity index (χ1) is 15.2. The van der Waals surface area contributed by atoms with Crippen LogP contribution < -0.4 is 25.2 Å². The topological polar surface area (TPSA) is 144 Å². The summed E-state index contributed by atoms with van der Waals surface area (Å²) in [6.07, 6.45) is 3.51. The summed E-state index contributed by atoms with van der Waals surface area (Å²) in [5.74, 6) is -0.120. The predicted octanol–water partition coefficient (Wildman–Crippen LogP) is 3.75. The Hall–Kier alpha value is -3.53. The van der Waals surface area contributed by atoms with Crippen LogP contribution in [0.3, 0.4) is 0 Å². The summed E-state index contributed by atoms with van der Waals surface area (Å²) in [6, 6.07) is 8.26. The van der Waals surface area contributed by atoms with Crippen LogP contribution in [0, 0.1) is 12.3 Å². The van der Waals surface area contributed by atoms with Crippen molar-refractivity contribution in [2.75, 3.05) is 23.4 Å². The summed E-state index contributed by atoms with van der Waals surface area (Å²) < 4.78 is 37.1. The highest BCUT2D eigenvalue weighted by molar-refractivity contribution is 7.92. The van der Waals surface area contributed by atoms with E-state index in [1.54, 1.807) is 31.2 Å². The number of hydrogen-bond acceptors (Lipinski definition) is 7. The number of nitrogens with one attached hydrogen (secondary N) is 3. The number of methoxy groups -OCH3 is 1. The molecule has 0 heterocycles. The SMILES string of the molecule is COc1c(NC(=O)c2ccc(C)c(OC(=N)/C=C\N)c2)cc(C(C)(C)C)cc1NS(C)(=O)=O. The Kier molecular flexibility index (Phi) is 7.76. The number of aryl methyl sites for hydroxylation is 1. The minimum absolute atomic E-state index is 0.172. The molecule has 0 fully saturated rings. The Labute approximate surface area is 194 Å². The van der Waals surface area contributed by atoms with Gasteiger partial charge in [0, 0.05) is 11.6 Å². The molecule has 0 bridgehead atoms. The molecule has 0 unspecified atom stereocenters. The molecular weight excluding hydrogens is 444 g/mol. The highest BCUT2D eigenvalue weighted by Gasteiger charge is 2.22. The van der Waals surface area contributed by atoms with E-state index in [1.807, 2.05) is 20.8 Å². The maximum atomic E-state index is 13.1. The second-order valence-corrected chi connectivity index (χ2v) is 10.2. The van der Waals surface area contributed by atoms with Gasteiger partial charge in [-0.05, 0) is 53.9 Å². The fourth-order valence-corrected chi connectivity index (χ4v) is 3.49. The van der Waals surface area contributed by atoms with Gasteiger partial charge < -0.3 is 20.5 Å². The van der Waals surface area contributed by atoms with Gasteiger partial charge in [0.15, 0.2) is 5.75 Å². The molecule has 0 aliphatic rings. The molecule has 0 saturated carbocycles. The third-order valence-electron chi connectivity index (χ3n) is 4.62. The molecule has 0 atom stereocenters. The molecule has 0 aromatic heterocycles.